The molecule has 8 rings (SSSR count). The highest BCUT2D eigenvalue weighted by molar-refractivity contribution is 7.91. The van der Waals surface area contributed by atoms with Crippen LogP contribution in [0.3, 0.4) is 0 Å². The van der Waals surface area contributed by atoms with Gasteiger partial charge in [0.05, 0.1) is 10.7 Å². The number of alkyl halides is 1. The normalized spacial score (nSPS) is 40.6. The molecule has 0 radical (unpaired) electrons. The van der Waals surface area contributed by atoms with Crippen LogP contribution in [0.25, 0.3) is 0 Å². The molecular formula is C52H77FN2O4S. The van der Waals surface area contributed by atoms with Gasteiger partial charge in [0.15, 0.2) is 0 Å². The predicted molar refractivity (Wildman–Crippen MR) is 242 cm³/mol. The summed E-state index contributed by atoms with van der Waals surface area (Å²) in [4.78, 5) is 15.9. The fourth-order valence-electron chi connectivity index (χ4n) is 16.0. The van der Waals surface area contributed by atoms with Crippen LogP contribution in [0.4, 0.5) is 4.39 Å². The van der Waals surface area contributed by atoms with Crippen LogP contribution in [0.1, 0.15) is 137 Å². The number of hydrogen-bond acceptors (Lipinski definition) is 6. The lowest BCUT2D eigenvalue weighted by Gasteiger charge is -2.72. The summed E-state index contributed by atoms with van der Waals surface area (Å²) in [7, 11) is -2.96. The third-order valence-electron chi connectivity index (χ3n) is 19.5. The van der Waals surface area contributed by atoms with Crippen molar-refractivity contribution in [1.82, 2.24) is 10.2 Å². The molecule has 332 valence electrons. The Bertz CT molecular complexity index is 1970. The first kappa shape index (κ1) is 44.3. The molecule has 60 heavy (non-hydrogen) atoms. The number of esters is 1. The first-order valence-electron chi connectivity index (χ1n) is 23.8. The molecule has 6 nitrogen and oxygen atoms in total. The molecule has 1 N–H and O–H groups in total. The minimum Gasteiger partial charge on any atom is -0.460 e. The molecule has 3 unspecified atom stereocenters. The Morgan fingerprint density at radius 2 is 1.62 bits per heavy atom. The molecule has 1 heterocycles. The fourth-order valence-corrected chi connectivity index (χ4v) is 17.1. The summed E-state index contributed by atoms with van der Waals surface area (Å²) in [5.41, 5.74) is 4.83. The molecule has 4 saturated carbocycles. The second kappa shape index (κ2) is 16.1. The van der Waals surface area contributed by atoms with E-state index in [1.54, 1.807) is 0 Å². The Labute approximate surface area is 362 Å². The summed E-state index contributed by atoms with van der Waals surface area (Å²) in [6.07, 6.45) is 20.5. The molecule has 1 aromatic rings. The highest BCUT2D eigenvalue weighted by Crippen LogP contribution is 2.76. The van der Waals surface area contributed by atoms with Crippen molar-refractivity contribution in [3.8, 4) is 0 Å². The molecule has 8 heteroatoms. The number of halogens is 1. The van der Waals surface area contributed by atoms with Gasteiger partial charge >= 0.3 is 5.97 Å². The van der Waals surface area contributed by atoms with E-state index in [0.29, 0.717) is 48.9 Å². The van der Waals surface area contributed by atoms with Gasteiger partial charge in [-0.05, 0) is 178 Å². The minimum atomic E-state index is -2.96. The second-order valence-corrected chi connectivity index (χ2v) is 24.9. The van der Waals surface area contributed by atoms with Gasteiger partial charge in [-0.25, -0.2) is 12.8 Å². The van der Waals surface area contributed by atoms with Crippen molar-refractivity contribution in [2.45, 2.75) is 149 Å². The van der Waals surface area contributed by atoms with E-state index in [9.17, 15) is 17.6 Å². The van der Waals surface area contributed by atoms with E-state index in [0.717, 1.165) is 51.0 Å². The third-order valence-corrected chi connectivity index (χ3v) is 21.2. The average molecular weight is 845 g/mol. The molecule has 0 aromatic heterocycles. The van der Waals surface area contributed by atoms with Crippen LogP contribution in [0.2, 0.25) is 0 Å². The molecule has 7 aliphatic rings. The van der Waals surface area contributed by atoms with Crippen molar-refractivity contribution in [2.24, 2.45) is 56.7 Å². The van der Waals surface area contributed by atoms with Gasteiger partial charge in [-0.15, -0.1) is 0 Å². The zero-order chi connectivity index (χ0) is 42.9. The quantitative estimate of drug-likeness (QED) is 0.177. The molecule has 10 atom stereocenters. The Morgan fingerprint density at radius 3 is 2.27 bits per heavy atom. The lowest BCUT2D eigenvalue weighted by molar-refractivity contribution is -0.221. The molecule has 6 aliphatic carbocycles. The van der Waals surface area contributed by atoms with E-state index in [4.69, 9.17) is 4.74 Å². The number of nitrogens with zero attached hydrogens (tertiary/aromatic N) is 1. The first-order chi connectivity index (χ1) is 28.3. The predicted octanol–water partition coefficient (Wildman–Crippen LogP) is 10.8. The molecule has 1 saturated heterocycles. The second-order valence-electron chi connectivity index (χ2n) is 22.6. The molecule has 0 spiro atoms. The van der Waals surface area contributed by atoms with Crippen LogP contribution in [0, 0.1) is 56.7 Å². The van der Waals surface area contributed by atoms with E-state index in [1.807, 2.05) is 30.3 Å². The number of carbonyl (C=O) groups is 1. The van der Waals surface area contributed by atoms with Crippen molar-refractivity contribution >= 4 is 15.8 Å². The number of piperidine rings is 1. The number of sulfone groups is 1. The summed E-state index contributed by atoms with van der Waals surface area (Å²) >= 11 is 0. The van der Waals surface area contributed by atoms with Crippen molar-refractivity contribution < 1.29 is 22.3 Å². The van der Waals surface area contributed by atoms with Gasteiger partial charge in [-0.3, -0.25) is 4.79 Å². The van der Waals surface area contributed by atoms with Crippen LogP contribution in [-0.4, -0.2) is 69.2 Å². The van der Waals surface area contributed by atoms with E-state index >= 15 is 0 Å². The molecular weight excluding hydrogens is 768 g/mol. The zero-order valence-corrected chi connectivity index (χ0v) is 39.0. The highest BCUT2D eigenvalue weighted by Gasteiger charge is 2.70. The zero-order valence-electron chi connectivity index (χ0n) is 38.2. The van der Waals surface area contributed by atoms with Crippen LogP contribution >= 0.6 is 0 Å². The van der Waals surface area contributed by atoms with Gasteiger partial charge in [0.2, 0.25) is 0 Å². The Morgan fingerprint density at radius 1 is 0.883 bits per heavy atom. The number of benzene rings is 1. The maximum absolute atomic E-state index is 14.8. The van der Waals surface area contributed by atoms with Crippen molar-refractivity contribution in [3.05, 3.63) is 71.3 Å². The van der Waals surface area contributed by atoms with Gasteiger partial charge in [-0.2, -0.15) is 0 Å². The molecule has 5 fully saturated rings. The Hall–Kier alpha value is -2.29. The molecule has 1 aromatic carbocycles. The van der Waals surface area contributed by atoms with E-state index < -0.39 is 27.9 Å². The van der Waals surface area contributed by atoms with Crippen LogP contribution < -0.4 is 5.32 Å². The van der Waals surface area contributed by atoms with Crippen molar-refractivity contribution in [1.29, 1.82) is 0 Å². The number of rotatable bonds is 11. The SMILES string of the molecule is C=C(C)[C@@H]1CC[C@]2(NCCN3CCC(S(C)(=O)=O)CC3)CC[C@]3(C)[C@H](CCC4[C@@]5(C)CC=C(C6=CC[C@@](CF)(C(=O)OCc7ccccc7)CC6)C(C)(C)C5CC[C@]43C)C12. The Kier molecular flexibility index (Phi) is 11.9. The van der Waals surface area contributed by atoms with Crippen LogP contribution in [-0.2, 0) is 26.0 Å². The smallest absolute Gasteiger partial charge is 0.315 e. The lowest BCUT2D eigenvalue weighted by Crippen LogP contribution is -2.68. The van der Waals surface area contributed by atoms with E-state index in [-0.39, 0.29) is 39.1 Å². The fraction of sp³-hybridized carbons (Fsp3) is 0.750. The van der Waals surface area contributed by atoms with E-state index in [1.165, 1.54) is 74.3 Å². The molecule has 0 bridgehead atoms. The maximum atomic E-state index is 14.8. The summed E-state index contributed by atoms with van der Waals surface area (Å²) in [5.74, 6) is 2.64. The summed E-state index contributed by atoms with van der Waals surface area (Å²) < 4.78 is 44.9. The first-order valence-corrected chi connectivity index (χ1v) is 25.8. The number of allylic oxidation sites excluding steroid dienone is 5. The number of hydrogen-bond donors (Lipinski definition) is 1. The maximum Gasteiger partial charge on any atom is 0.315 e. The number of carbonyl (C=O) groups excluding carboxylic acids is 1. The van der Waals surface area contributed by atoms with E-state index in [2.05, 4.69) is 70.5 Å². The highest BCUT2D eigenvalue weighted by atomic mass is 32.2. The van der Waals surface area contributed by atoms with Crippen molar-refractivity contribution in [2.75, 3.05) is 39.1 Å². The van der Waals surface area contributed by atoms with Gasteiger partial charge in [0.25, 0.3) is 0 Å². The summed E-state index contributed by atoms with van der Waals surface area (Å²) in [6.45, 7) is 23.2. The largest absolute Gasteiger partial charge is 0.460 e. The van der Waals surface area contributed by atoms with Crippen LogP contribution in [0.15, 0.2) is 65.8 Å². The van der Waals surface area contributed by atoms with Crippen molar-refractivity contribution in [3.63, 3.8) is 0 Å². The molecule has 0 amide bonds. The summed E-state index contributed by atoms with van der Waals surface area (Å²) in [5, 5.41) is 4.09. The number of fused-ring (bicyclic) bond motifs is 7. The van der Waals surface area contributed by atoms with Gasteiger partial charge in [0, 0.05) is 24.9 Å². The standard InChI is InChI=1S/C52H77FN2O4S/c1-36(2)40-18-27-52(54-30-33-55-31-21-39(22-32-55)60(8,57)58)29-28-49(6)42(45(40)52)14-15-44-48(5)23-19-41(47(3,4)43(48)20-24-50(44,49)7)38-16-25-51(35-53,26-17-38)46(56)59-34-37-12-10-9-11-13-37/h9-13,16,19,39-40,42-45,54H,1,14-15,17-18,20-35H2,2-8H3/t40-,42+,43?,44?,45?,48-,49+,50+,51+,52-/m0/s1. The number of nitrogens with one attached hydrogen (secondary N) is 1. The van der Waals surface area contributed by atoms with Gasteiger partial charge < -0.3 is 15.0 Å². The molecule has 1 aliphatic heterocycles. The minimum absolute atomic E-state index is 0.0103. The topological polar surface area (TPSA) is 75.7 Å². The monoisotopic (exact) mass is 845 g/mol. The van der Waals surface area contributed by atoms with Gasteiger partial charge in [0.1, 0.15) is 23.1 Å². The lowest BCUT2D eigenvalue weighted by atomic mass is 9.33. The number of likely N-dealkylation sites (tertiary alicyclic amines) is 1. The summed E-state index contributed by atoms with van der Waals surface area (Å²) in [6, 6.07) is 9.68. The third kappa shape index (κ3) is 7.24. The number of ether oxygens (including phenoxy) is 1. The van der Waals surface area contributed by atoms with Gasteiger partial charge in [-0.1, -0.05) is 89.3 Å². The average Bonchev–Trinajstić information content (AvgIpc) is 3.60. The Balaban J connectivity index is 0.981. The van der Waals surface area contributed by atoms with Crippen LogP contribution in [0.5, 0.6) is 0 Å².